The zero-order chi connectivity index (χ0) is 14.2. The molecular formula is C18H30N2. The summed E-state index contributed by atoms with van der Waals surface area (Å²) in [5.74, 6) is 1.41. The van der Waals surface area contributed by atoms with Crippen LogP contribution in [0.1, 0.15) is 44.6 Å². The summed E-state index contributed by atoms with van der Waals surface area (Å²) >= 11 is 0. The Kier molecular flexibility index (Phi) is 6.55. The molecule has 0 saturated carbocycles. The van der Waals surface area contributed by atoms with Crippen molar-refractivity contribution in [3.63, 3.8) is 0 Å². The maximum absolute atomic E-state index is 3.63. The lowest BCUT2D eigenvalue weighted by atomic mass is 9.98. The van der Waals surface area contributed by atoms with E-state index in [9.17, 15) is 0 Å². The molecular weight excluding hydrogens is 244 g/mol. The van der Waals surface area contributed by atoms with Crippen LogP contribution in [0.2, 0.25) is 0 Å². The first kappa shape index (κ1) is 15.5. The van der Waals surface area contributed by atoms with Crippen molar-refractivity contribution in [3.05, 3.63) is 35.9 Å². The summed E-state index contributed by atoms with van der Waals surface area (Å²) in [6, 6.07) is 10.8. The molecule has 1 heterocycles. The normalized spacial score (nSPS) is 19.1. The fourth-order valence-electron chi connectivity index (χ4n) is 3.09. The number of likely N-dealkylation sites (tertiary alicyclic amines) is 1. The molecule has 1 aromatic rings. The SMILES string of the molecule is CC(CNCCC(C)c1ccccc1)CN1CCCC1. The summed E-state index contributed by atoms with van der Waals surface area (Å²) in [5.41, 5.74) is 1.46. The third-order valence-electron chi connectivity index (χ3n) is 4.38. The first-order chi connectivity index (χ1) is 9.75. The predicted octanol–water partition coefficient (Wildman–Crippen LogP) is 3.50. The summed E-state index contributed by atoms with van der Waals surface area (Å²) in [4.78, 5) is 2.61. The van der Waals surface area contributed by atoms with E-state index in [1.54, 1.807) is 0 Å². The highest BCUT2D eigenvalue weighted by atomic mass is 15.1. The largest absolute Gasteiger partial charge is 0.316 e. The van der Waals surface area contributed by atoms with Crippen LogP contribution in [0.15, 0.2) is 30.3 Å². The van der Waals surface area contributed by atoms with Gasteiger partial charge >= 0.3 is 0 Å². The maximum atomic E-state index is 3.63. The molecule has 2 atom stereocenters. The molecule has 2 unspecified atom stereocenters. The third-order valence-corrected chi connectivity index (χ3v) is 4.38. The quantitative estimate of drug-likeness (QED) is 0.730. The molecule has 0 amide bonds. The summed E-state index contributed by atoms with van der Waals surface area (Å²) < 4.78 is 0. The monoisotopic (exact) mass is 274 g/mol. The van der Waals surface area contributed by atoms with E-state index >= 15 is 0 Å². The Bertz CT molecular complexity index is 357. The molecule has 0 radical (unpaired) electrons. The van der Waals surface area contributed by atoms with Crippen molar-refractivity contribution in [2.45, 2.75) is 39.0 Å². The first-order valence-corrected chi connectivity index (χ1v) is 8.23. The number of nitrogens with one attached hydrogen (secondary N) is 1. The first-order valence-electron chi connectivity index (χ1n) is 8.23. The molecule has 1 aromatic carbocycles. The molecule has 1 N–H and O–H groups in total. The Balaban J connectivity index is 1.56. The van der Waals surface area contributed by atoms with E-state index in [1.807, 2.05) is 0 Å². The molecule has 0 aliphatic carbocycles. The van der Waals surface area contributed by atoms with Crippen LogP contribution in [0.5, 0.6) is 0 Å². The average molecular weight is 274 g/mol. The van der Waals surface area contributed by atoms with Crippen LogP contribution < -0.4 is 5.32 Å². The van der Waals surface area contributed by atoms with Crippen LogP contribution in [0.25, 0.3) is 0 Å². The van der Waals surface area contributed by atoms with Gasteiger partial charge in [-0.3, -0.25) is 0 Å². The standard InChI is InChI=1S/C18H30N2/c1-16(15-20-12-6-7-13-20)14-19-11-10-17(2)18-8-4-3-5-9-18/h3-5,8-9,16-17,19H,6-7,10-15H2,1-2H3. The summed E-state index contributed by atoms with van der Waals surface area (Å²) in [6.07, 6.45) is 4.02. The number of hydrogen-bond acceptors (Lipinski definition) is 2. The molecule has 20 heavy (non-hydrogen) atoms. The Morgan fingerprint density at radius 1 is 1.10 bits per heavy atom. The molecule has 1 fully saturated rings. The number of hydrogen-bond donors (Lipinski definition) is 1. The Morgan fingerprint density at radius 3 is 2.50 bits per heavy atom. The topological polar surface area (TPSA) is 15.3 Å². The van der Waals surface area contributed by atoms with Crippen LogP contribution in [-0.4, -0.2) is 37.6 Å². The molecule has 1 saturated heterocycles. The lowest BCUT2D eigenvalue weighted by molar-refractivity contribution is 0.282. The molecule has 1 aliphatic rings. The second-order valence-electron chi connectivity index (χ2n) is 6.42. The van der Waals surface area contributed by atoms with E-state index in [0.717, 1.165) is 19.0 Å². The highest BCUT2D eigenvalue weighted by Gasteiger charge is 2.14. The van der Waals surface area contributed by atoms with Crippen molar-refractivity contribution >= 4 is 0 Å². The van der Waals surface area contributed by atoms with Crippen molar-refractivity contribution in [1.29, 1.82) is 0 Å². The van der Waals surface area contributed by atoms with Gasteiger partial charge in [-0.05, 0) is 62.8 Å². The van der Waals surface area contributed by atoms with Crippen LogP contribution in [0, 0.1) is 5.92 Å². The van der Waals surface area contributed by atoms with Gasteiger partial charge in [-0.1, -0.05) is 44.2 Å². The van der Waals surface area contributed by atoms with Gasteiger partial charge in [-0.25, -0.2) is 0 Å². The molecule has 0 bridgehead atoms. The highest BCUT2D eigenvalue weighted by molar-refractivity contribution is 5.18. The van der Waals surface area contributed by atoms with E-state index < -0.39 is 0 Å². The minimum atomic E-state index is 0.651. The van der Waals surface area contributed by atoms with E-state index in [4.69, 9.17) is 0 Å². The number of rotatable bonds is 8. The van der Waals surface area contributed by atoms with Gasteiger partial charge in [-0.2, -0.15) is 0 Å². The van der Waals surface area contributed by atoms with E-state index in [0.29, 0.717) is 5.92 Å². The van der Waals surface area contributed by atoms with Crippen molar-refractivity contribution < 1.29 is 0 Å². The van der Waals surface area contributed by atoms with E-state index in [-0.39, 0.29) is 0 Å². The second-order valence-corrected chi connectivity index (χ2v) is 6.42. The lowest BCUT2D eigenvalue weighted by Crippen LogP contribution is -2.32. The Morgan fingerprint density at radius 2 is 1.80 bits per heavy atom. The van der Waals surface area contributed by atoms with Crippen molar-refractivity contribution in [3.8, 4) is 0 Å². The zero-order valence-electron chi connectivity index (χ0n) is 13.1. The van der Waals surface area contributed by atoms with Crippen LogP contribution >= 0.6 is 0 Å². The summed E-state index contributed by atoms with van der Waals surface area (Å²) in [7, 11) is 0. The fraction of sp³-hybridized carbons (Fsp3) is 0.667. The van der Waals surface area contributed by atoms with Crippen molar-refractivity contribution in [2.75, 3.05) is 32.7 Å². The predicted molar refractivity (Wildman–Crippen MR) is 87.2 cm³/mol. The minimum Gasteiger partial charge on any atom is -0.316 e. The van der Waals surface area contributed by atoms with E-state index in [1.165, 1.54) is 44.5 Å². The summed E-state index contributed by atoms with van der Waals surface area (Å²) in [5, 5.41) is 3.63. The van der Waals surface area contributed by atoms with Gasteiger partial charge in [0.25, 0.3) is 0 Å². The molecule has 2 nitrogen and oxygen atoms in total. The smallest absolute Gasteiger partial charge is 0.00191 e. The van der Waals surface area contributed by atoms with Gasteiger partial charge in [0.2, 0.25) is 0 Å². The van der Waals surface area contributed by atoms with E-state index in [2.05, 4.69) is 54.4 Å². The molecule has 0 aromatic heterocycles. The molecule has 1 aliphatic heterocycles. The Hall–Kier alpha value is -0.860. The third kappa shape index (κ3) is 5.26. The molecule has 2 rings (SSSR count). The zero-order valence-corrected chi connectivity index (χ0v) is 13.1. The van der Waals surface area contributed by atoms with Crippen molar-refractivity contribution in [2.24, 2.45) is 5.92 Å². The average Bonchev–Trinajstić information content (AvgIpc) is 2.97. The van der Waals surface area contributed by atoms with Gasteiger partial charge in [0.15, 0.2) is 0 Å². The number of benzene rings is 1. The van der Waals surface area contributed by atoms with Gasteiger partial charge in [0.1, 0.15) is 0 Å². The second kappa shape index (κ2) is 8.43. The van der Waals surface area contributed by atoms with Gasteiger partial charge in [0.05, 0.1) is 0 Å². The van der Waals surface area contributed by atoms with Crippen LogP contribution in [0.3, 0.4) is 0 Å². The fourth-order valence-corrected chi connectivity index (χ4v) is 3.09. The molecule has 0 spiro atoms. The Labute approximate surface area is 124 Å². The number of nitrogens with zero attached hydrogens (tertiary/aromatic N) is 1. The van der Waals surface area contributed by atoms with Crippen LogP contribution in [-0.2, 0) is 0 Å². The maximum Gasteiger partial charge on any atom is 0.00191 e. The van der Waals surface area contributed by atoms with Crippen molar-refractivity contribution in [1.82, 2.24) is 10.2 Å². The minimum absolute atomic E-state index is 0.651. The molecule has 2 heteroatoms. The lowest BCUT2D eigenvalue weighted by Gasteiger charge is -2.21. The summed E-state index contributed by atoms with van der Waals surface area (Å²) in [6.45, 7) is 10.9. The van der Waals surface area contributed by atoms with Gasteiger partial charge in [0, 0.05) is 6.54 Å². The highest BCUT2D eigenvalue weighted by Crippen LogP contribution is 2.17. The van der Waals surface area contributed by atoms with Crippen LogP contribution in [0.4, 0.5) is 0 Å². The van der Waals surface area contributed by atoms with Gasteiger partial charge in [-0.15, -0.1) is 0 Å². The molecule has 112 valence electrons. The van der Waals surface area contributed by atoms with Gasteiger partial charge < -0.3 is 10.2 Å².